The predicted octanol–water partition coefficient (Wildman–Crippen LogP) is 3.10. The molecule has 19 heavy (non-hydrogen) atoms. The number of nitrogens with one attached hydrogen (secondary N) is 2. The summed E-state index contributed by atoms with van der Waals surface area (Å²) in [7, 11) is 0. The Kier molecular flexibility index (Phi) is 2.81. The highest BCUT2D eigenvalue weighted by Crippen LogP contribution is 2.42. The Balaban J connectivity index is 1.87. The summed E-state index contributed by atoms with van der Waals surface area (Å²) in [6, 6.07) is 4.86. The van der Waals surface area contributed by atoms with Gasteiger partial charge in [-0.25, -0.2) is 4.39 Å². The van der Waals surface area contributed by atoms with Crippen LogP contribution in [0.5, 0.6) is 0 Å². The number of fused-ring (bicyclic) bond motifs is 1. The lowest BCUT2D eigenvalue weighted by Crippen LogP contribution is -2.50. The summed E-state index contributed by atoms with van der Waals surface area (Å²) in [5.74, 6) is -0.212. The average molecular weight is 259 g/mol. The Morgan fingerprint density at radius 3 is 2.79 bits per heavy atom. The molecule has 1 aromatic rings. The zero-order valence-electron chi connectivity index (χ0n) is 10.9. The van der Waals surface area contributed by atoms with Gasteiger partial charge in [-0.05, 0) is 43.0 Å². The number of rotatable bonds is 1. The van der Waals surface area contributed by atoms with Crippen molar-refractivity contribution in [1.29, 1.82) is 5.41 Å². The Labute approximate surface area is 112 Å². The molecule has 3 rings (SSSR count). The van der Waals surface area contributed by atoms with E-state index in [1.165, 1.54) is 12.4 Å². The van der Waals surface area contributed by atoms with Crippen LogP contribution in [0, 0.1) is 11.2 Å². The van der Waals surface area contributed by atoms with Crippen LogP contribution in [-0.4, -0.2) is 29.9 Å². The average Bonchev–Trinajstić information content (AvgIpc) is 2.41. The minimum Gasteiger partial charge on any atom is -0.379 e. The van der Waals surface area contributed by atoms with Crippen molar-refractivity contribution in [2.24, 2.45) is 0 Å². The number of piperidine rings is 1. The lowest BCUT2D eigenvalue weighted by molar-refractivity contribution is 0.252. The van der Waals surface area contributed by atoms with Crippen molar-refractivity contribution in [2.75, 3.05) is 18.4 Å². The molecule has 0 bridgehead atoms. The van der Waals surface area contributed by atoms with Crippen LogP contribution in [0.2, 0.25) is 0 Å². The molecule has 0 saturated carbocycles. The van der Waals surface area contributed by atoms with Gasteiger partial charge in [-0.1, -0.05) is 6.58 Å². The lowest BCUT2D eigenvalue weighted by Gasteiger charge is -2.46. The van der Waals surface area contributed by atoms with Crippen molar-refractivity contribution in [1.82, 2.24) is 4.90 Å². The van der Waals surface area contributed by atoms with Gasteiger partial charge in [0.1, 0.15) is 5.82 Å². The van der Waals surface area contributed by atoms with Gasteiger partial charge >= 0.3 is 0 Å². The van der Waals surface area contributed by atoms with E-state index < -0.39 is 0 Å². The number of hydrogen-bond acceptors (Lipinski definition) is 2. The highest BCUT2D eigenvalue weighted by molar-refractivity contribution is 5.79. The van der Waals surface area contributed by atoms with Crippen LogP contribution in [0.25, 0.3) is 5.57 Å². The standard InChI is InChI=1S/C15H18FN3/c1-11-9-15(4-6-19(10-17)7-5-15)18-14-3-2-12(16)8-13(11)14/h2-3,8,10,17-18H,1,4-7,9H2. The fourth-order valence-electron chi connectivity index (χ4n) is 3.13. The summed E-state index contributed by atoms with van der Waals surface area (Å²) in [6.07, 6.45) is 4.24. The maximum Gasteiger partial charge on any atom is 0.123 e. The van der Waals surface area contributed by atoms with Crippen LogP contribution in [-0.2, 0) is 0 Å². The number of hydrogen-bond donors (Lipinski definition) is 2. The summed E-state index contributed by atoms with van der Waals surface area (Å²) < 4.78 is 13.3. The Bertz CT molecular complexity index is 530. The number of nitrogens with zero attached hydrogens (tertiary/aromatic N) is 1. The molecule has 100 valence electrons. The van der Waals surface area contributed by atoms with Gasteiger partial charge in [0.15, 0.2) is 0 Å². The molecule has 1 spiro atoms. The summed E-state index contributed by atoms with van der Waals surface area (Å²) in [4.78, 5) is 2.02. The molecule has 4 heteroatoms. The van der Waals surface area contributed by atoms with Gasteiger partial charge in [-0.2, -0.15) is 0 Å². The van der Waals surface area contributed by atoms with Gasteiger partial charge in [0.25, 0.3) is 0 Å². The van der Waals surface area contributed by atoms with Crippen LogP contribution in [0.1, 0.15) is 24.8 Å². The first-order valence-corrected chi connectivity index (χ1v) is 6.62. The third kappa shape index (κ3) is 2.11. The largest absolute Gasteiger partial charge is 0.379 e. The van der Waals surface area contributed by atoms with Gasteiger partial charge in [-0.3, -0.25) is 5.41 Å². The van der Waals surface area contributed by atoms with E-state index in [9.17, 15) is 4.39 Å². The number of benzene rings is 1. The van der Waals surface area contributed by atoms with Gasteiger partial charge in [0, 0.05) is 29.9 Å². The number of likely N-dealkylation sites (tertiary alicyclic amines) is 1. The normalized spacial score (nSPS) is 20.9. The lowest BCUT2D eigenvalue weighted by atomic mass is 9.77. The molecule has 0 atom stereocenters. The van der Waals surface area contributed by atoms with Crippen LogP contribution in [0.4, 0.5) is 10.1 Å². The summed E-state index contributed by atoms with van der Waals surface area (Å²) in [5.41, 5.74) is 2.93. The van der Waals surface area contributed by atoms with E-state index in [4.69, 9.17) is 5.41 Å². The SMILES string of the molecule is C=C1CC2(CCN(C=N)CC2)Nc2ccc(F)cc21. The topological polar surface area (TPSA) is 39.1 Å². The molecule has 1 aromatic carbocycles. The van der Waals surface area contributed by atoms with E-state index in [1.54, 1.807) is 12.1 Å². The molecule has 2 heterocycles. The fraction of sp³-hybridized carbons (Fsp3) is 0.400. The molecule has 0 radical (unpaired) electrons. The van der Waals surface area contributed by atoms with Gasteiger partial charge < -0.3 is 10.2 Å². The first-order chi connectivity index (χ1) is 9.12. The molecule has 2 aliphatic rings. The van der Waals surface area contributed by atoms with E-state index in [0.717, 1.165) is 49.2 Å². The Hall–Kier alpha value is -1.84. The van der Waals surface area contributed by atoms with Gasteiger partial charge in [-0.15, -0.1) is 0 Å². The molecule has 1 fully saturated rings. The van der Waals surface area contributed by atoms with E-state index >= 15 is 0 Å². The predicted molar refractivity (Wildman–Crippen MR) is 76.0 cm³/mol. The monoisotopic (exact) mass is 259 g/mol. The number of anilines is 1. The van der Waals surface area contributed by atoms with Crippen molar-refractivity contribution in [2.45, 2.75) is 24.8 Å². The molecule has 0 unspecified atom stereocenters. The third-order valence-corrected chi connectivity index (χ3v) is 4.25. The van der Waals surface area contributed by atoms with Crippen LogP contribution < -0.4 is 5.32 Å². The molecular formula is C15H18FN3. The zero-order valence-corrected chi connectivity index (χ0v) is 10.9. The maximum atomic E-state index is 13.3. The Morgan fingerprint density at radius 1 is 1.37 bits per heavy atom. The van der Waals surface area contributed by atoms with Crippen molar-refractivity contribution in [3.8, 4) is 0 Å². The van der Waals surface area contributed by atoms with E-state index in [2.05, 4.69) is 11.9 Å². The van der Waals surface area contributed by atoms with Gasteiger partial charge in [0.05, 0.1) is 6.34 Å². The Morgan fingerprint density at radius 2 is 2.11 bits per heavy atom. The second kappa shape index (κ2) is 4.37. The minimum atomic E-state index is -0.212. The molecule has 3 nitrogen and oxygen atoms in total. The van der Waals surface area contributed by atoms with Crippen molar-refractivity contribution in [3.05, 3.63) is 36.2 Å². The fourth-order valence-corrected chi connectivity index (χ4v) is 3.13. The highest BCUT2D eigenvalue weighted by atomic mass is 19.1. The van der Waals surface area contributed by atoms with Crippen LogP contribution in [0.3, 0.4) is 0 Å². The maximum absolute atomic E-state index is 13.3. The first kappa shape index (κ1) is 12.2. The van der Waals surface area contributed by atoms with E-state index in [1.807, 2.05) is 4.90 Å². The van der Waals surface area contributed by atoms with Crippen molar-refractivity contribution < 1.29 is 4.39 Å². The smallest absolute Gasteiger partial charge is 0.123 e. The van der Waals surface area contributed by atoms with Crippen molar-refractivity contribution >= 4 is 17.6 Å². The molecule has 0 amide bonds. The highest BCUT2D eigenvalue weighted by Gasteiger charge is 2.38. The third-order valence-electron chi connectivity index (χ3n) is 4.25. The number of halogens is 1. The van der Waals surface area contributed by atoms with Crippen LogP contribution in [0.15, 0.2) is 24.8 Å². The molecule has 1 saturated heterocycles. The quantitative estimate of drug-likeness (QED) is 0.601. The minimum absolute atomic E-state index is 0.0292. The first-order valence-electron chi connectivity index (χ1n) is 6.62. The second-order valence-corrected chi connectivity index (χ2v) is 5.54. The second-order valence-electron chi connectivity index (χ2n) is 5.54. The molecule has 0 aliphatic carbocycles. The van der Waals surface area contributed by atoms with Crippen LogP contribution >= 0.6 is 0 Å². The molecule has 2 N–H and O–H groups in total. The molecular weight excluding hydrogens is 241 g/mol. The summed E-state index contributed by atoms with van der Waals surface area (Å²) in [6.45, 7) is 5.90. The summed E-state index contributed by atoms with van der Waals surface area (Å²) in [5, 5.41) is 10.9. The van der Waals surface area contributed by atoms with E-state index in [0.29, 0.717) is 0 Å². The molecule has 0 aromatic heterocycles. The zero-order chi connectivity index (χ0) is 13.5. The van der Waals surface area contributed by atoms with Gasteiger partial charge in [0.2, 0.25) is 0 Å². The molecule has 2 aliphatic heterocycles. The summed E-state index contributed by atoms with van der Waals surface area (Å²) >= 11 is 0. The van der Waals surface area contributed by atoms with E-state index in [-0.39, 0.29) is 11.4 Å². The van der Waals surface area contributed by atoms with Crippen molar-refractivity contribution in [3.63, 3.8) is 0 Å².